The minimum absolute atomic E-state index is 0.110. The van der Waals surface area contributed by atoms with Crippen LogP contribution in [0.4, 0.5) is 24.8 Å². The summed E-state index contributed by atoms with van der Waals surface area (Å²) in [6.45, 7) is 4.24. The molecule has 1 N–H and O–H groups in total. The zero-order chi connectivity index (χ0) is 26.2. The number of ether oxygens (including phenoxy) is 2. The quantitative estimate of drug-likeness (QED) is 0.419. The molecule has 2 aromatic carbocycles. The number of aromatic nitrogens is 4. The minimum atomic E-state index is -4.55. The smallest absolute Gasteiger partial charge is 0.416 e. The first kappa shape index (κ1) is 24.5. The third-order valence-electron chi connectivity index (χ3n) is 5.94. The number of nitrogens with one attached hydrogen (secondary N) is 1. The molecule has 5 rings (SSSR count). The van der Waals surface area contributed by atoms with E-state index in [2.05, 4.69) is 20.4 Å². The van der Waals surface area contributed by atoms with Gasteiger partial charge in [-0.1, -0.05) is 12.1 Å². The molecular weight excluding hydrogens is 489 g/mol. The van der Waals surface area contributed by atoms with Crippen molar-refractivity contribution in [3.63, 3.8) is 0 Å². The molecule has 0 radical (unpaired) electrons. The molecule has 1 aliphatic rings. The Morgan fingerprint density at radius 3 is 2.65 bits per heavy atom. The number of anilines is 2. The molecule has 3 heterocycles. The third-order valence-corrected chi connectivity index (χ3v) is 5.94. The van der Waals surface area contributed by atoms with Crippen molar-refractivity contribution in [3.05, 3.63) is 65.4 Å². The molecule has 1 saturated heterocycles. The van der Waals surface area contributed by atoms with Crippen molar-refractivity contribution in [1.82, 2.24) is 19.7 Å². The number of hydrogen-bond acceptors (Lipinski definition) is 7. The lowest BCUT2D eigenvalue weighted by molar-refractivity contribution is -0.137. The number of morpholine rings is 1. The highest BCUT2D eigenvalue weighted by molar-refractivity contribution is 6.04. The van der Waals surface area contributed by atoms with Gasteiger partial charge in [-0.3, -0.25) is 9.48 Å². The fraction of sp³-hybridized carbons (Fsp3) is 0.280. The van der Waals surface area contributed by atoms with Crippen molar-refractivity contribution in [1.29, 1.82) is 0 Å². The average Bonchev–Trinajstić information content (AvgIpc) is 3.27. The van der Waals surface area contributed by atoms with Crippen LogP contribution in [-0.2, 0) is 18.0 Å². The Morgan fingerprint density at radius 1 is 1.11 bits per heavy atom. The number of amides is 1. The van der Waals surface area contributed by atoms with Crippen LogP contribution in [0.25, 0.3) is 11.0 Å². The second-order valence-electron chi connectivity index (χ2n) is 8.55. The highest BCUT2D eigenvalue weighted by Gasteiger charge is 2.31. The Hall–Kier alpha value is -4.19. The van der Waals surface area contributed by atoms with Crippen molar-refractivity contribution in [2.24, 2.45) is 7.05 Å². The molecule has 4 aromatic rings. The zero-order valence-electron chi connectivity index (χ0n) is 20.0. The summed E-state index contributed by atoms with van der Waals surface area (Å²) in [5.41, 5.74) is 0.709. The Morgan fingerprint density at radius 2 is 1.89 bits per heavy atom. The standard InChI is InChI=1S/C25H23F3N6O3/c1-15-6-7-18(30-22(35)16-4-3-5-17(12-16)25(26,27)28)13-20(15)37-23-19-14-29-33(2)21(19)31-24(32-23)34-8-10-36-11-9-34/h3-7,12-14H,8-11H2,1-2H3,(H,30,35). The number of hydrogen-bond donors (Lipinski definition) is 1. The number of alkyl halides is 3. The lowest BCUT2D eigenvalue weighted by Crippen LogP contribution is -2.37. The molecule has 0 unspecified atom stereocenters. The van der Waals surface area contributed by atoms with Gasteiger partial charge in [0.1, 0.15) is 11.1 Å². The molecule has 2 aromatic heterocycles. The lowest BCUT2D eigenvalue weighted by atomic mass is 10.1. The topological polar surface area (TPSA) is 94.4 Å². The van der Waals surface area contributed by atoms with E-state index >= 15 is 0 Å². The van der Waals surface area contributed by atoms with Crippen molar-refractivity contribution in [2.75, 3.05) is 36.5 Å². The highest BCUT2D eigenvalue weighted by atomic mass is 19.4. The van der Waals surface area contributed by atoms with Gasteiger partial charge in [0.25, 0.3) is 5.91 Å². The molecule has 0 atom stereocenters. The van der Waals surface area contributed by atoms with E-state index in [1.54, 1.807) is 36.1 Å². The summed E-state index contributed by atoms with van der Waals surface area (Å²) in [7, 11) is 1.78. The van der Waals surface area contributed by atoms with E-state index in [9.17, 15) is 18.0 Å². The summed E-state index contributed by atoms with van der Waals surface area (Å²) in [6.07, 6.45) is -2.93. The molecule has 37 heavy (non-hydrogen) atoms. The van der Waals surface area contributed by atoms with Crippen LogP contribution in [0, 0.1) is 6.92 Å². The van der Waals surface area contributed by atoms with Gasteiger partial charge in [0.2, 0.25) is 11.8 Å². The van der Waals surface area contributed by atoms with Crippen LogP contribution in [0.2, 0.25) is 0 Å². The van der Waals surface area contributed by atoms with Crippen molar-refractivity contribution in [2.45, 2.75) is 13.1 Å². The van der Waals surface area contributed by atoms with Crippen LogP contribution in [0.1, 0.15) is 21.5 Å². The minimum Gasteiger partial charge on any atom is -0.438 e. The van der Waals surface area contributed by atoms with Gasteiger partial charge < -0.3 is 19.7 Å². The first-order valence-corrected chi connectivity index (χ1v) is 11.5. The van der Waals surface area contributed by atoms with Crippen LogP contribution in [-0.4, -0.2) is 52.0 Å². The maximum absolute atomic E-state index is 13.0. The van der Waals surface area contributed by atoms with Crippen molar-refractivity contribution in [3.8, 4) is 11.6 Å². The summed E-state index contributed by atoms with van der Waals surface area (Å²) in [5.74, 6) is 0.524. The monoisotopic (exact) mass is 512 g/mol. The lowest BCUT2D eigenvalue weighted by Gasteiger charge is -2.27. The second-order valence-corrected chi connectivity index (χ2v) is 8.55. The average molecular weight is 512 g/mol. The van der Waals surface area contributed by atoms with E-state index in [0.29, 0.717) is 60.6 Å². The molecule has 1 amide bonds. The largest absolute Gasteiger partial charge is 0.438 e. The molecular formula is C25H23F3N6O3. The number of rotatable bonds is 5. The normalized spacial score (nSPS) is 14.1. The van der Waals surface area contributed by atoms with E-state index in [4.69, 9.17) is 9.47 Å². The predicted octanol–water partition coefficient (Wildman–Crippen LogP) is 4.57. The van der Waals surface area contributed by atoms with E-state index in [0.717, 1.165) is 17.7 Å². The molecule has 1 aliphatic heterocycles. The highest BCUT2D eigenvalue weighted by Crippen LogP contribution is 2.33. The van der Waals surface area contributed by atoms with Gasteiger partial charge in [-0.05, 0) is 36.8 Å². The predicted molar refractivity (Wildman–Crippen MR) is 130 cm³/mol. The van der Waals surface area contributed by atoms with Gasteiger partial charge in [-0.25, -0.2) is 0 Å². The molecule has 0 bridgehead atoms. The maximum atomic E-state index is 13.0. The Kier molecular flexibility index (Phi) is 6.42. The molecule has 9 nitrogen and oxygen atoms in total. The first-order valence-electron chi connectivity index (χ1n) is 11.5. The van der Waals surface area contributed by atoms with Crippen LogP contribution in [0.15, 0.2) is 48.7 Å². The van der Waals surface area contributed by atoms with Crippen LogP contribution < -0.4 is 15.0 Å². The van der Waals surface area contributed by atoms with Gasteiger partial charge in [-0.2, -0.15) is 28.2 Å². The van der Waals surface area contributed by atoms with E-state index in [1.807, 2.05) is 11.8 Å². The number of halogens is 3. The van der Waals surface area contributed by atoms with Crippen LogP contribution in [0.5, 0.6) is 11.6 Å². The Bertz CT molecular complexity index is 1460. The molecule has 0 spiro atoms. The summed E-state index contributed by atoms with van der Waals surface area (Å²) in [5, 5.41) is 7.52. The molecule has 1 fully saturated rings. The Labute approximate surface area is 209 Å². The summed E-state index contributed by atoms with van der Waals surface area (Å²) in [4.78, 5) is 24.0. The second kappa shape index (κ2) is 9.69. The van der Waals surface area contributed by atoms with E-state index in [-0.39, 0.29) is 5.56 Å². The third kappa shape index (κ3) is 5.19. The van der Waals surface area contributed by atoms with Crippen LogP contribution in [0.3, 0.4) is 0 Å². The number of carbonyl (C=O) groups is 1. The summed E-state index contributed by atoms with van der Waals surface area (Å²) < 4.78 is 52.4. The van der Waals surface area contributed by atoms with Gasteiger partial charge >= 0.3 is 6.18 Å². The molecule has 0 saturated carbocycles. The molecule has 0 aliphatic carbocycles. The Balaban J connectivity index is 1.43. The number of carbonyl (C=O) groups excluding carboxylic acids is 1. The number of nitrogens with zero attached hydrogens (tertiary/aromatic N) is 5. The van der Waals surface area contributed by atoms with Gasteiger partial charge in [0.05, 0.1) is 25.0 Å². The zero-order valence-corrected chi connectivity index (χ0v) is 20.0. The van der Waals surface area contributed by atoms with Crippen molar-refractivity contribution < 1.29 is 27.4 Å². The van der Waals surface area contributed by atoms with E-state index in [1.165, 1.54) is 12.1 Å². The fourth-order valence-corrected chi connectivity index (χ4v) is 3.90. The van der Waals surface area contributed by atoms with E-state index < -0.39 is 17.6 Å². The number of aryl methyl sites for hydroxylation is 2. The van der Waals surface area contributed by atoms with Gasteiger partial charge in [0.15, 0.2) is 5.65 Å². The number of benzene rings is 2. The molecule has 192 valence electrons. The van der Waals surface area contributed by atoms with Gasteiger partial charge in [-0.15, -0.1) is 0 Å². The van der Waals surface area contributed by atoms with Crippen molar-refractivity contribution >= 4 is 28.6 Å². The maximum Gasteiger partial charge on any atom is 0.416 e. The molecule has 12 heteroatoms. The summed E-state index contributed by atoms with van der Waals surface area (Å²) >= 11 is 0. The fourth-order valence-electron chi connectivity index (χ4n) is 3.90. The van der Waals surface area contributed by atoms with Gasteiger partial charge in [0, 0.05) is 37.5 Å². The number of fused-ring (bicyclic) bond motifs is 1. The van der Waals surface area contributed by atoms with Crippen LogP contribution >= 0.6 is 0 Å². The SMILES string of the molecule is Cc1ccc(NC(=O)c2cccc(C(F)(F)F)c2)cc1Oc1nc(N2CCOCC2)nc2c1cnn2C. The first-order chi connectivity index (χ1) is 17.7. The summed E-state index contributed by atoms with van der Waals surface area (Å²) in [6, 6.07) is 9.23.